The third-order valence-electron chi connectivity index (χ3n) is 3.42. The van der Waals surface area contributed by atoms with Gasteiger partial charge >= 0.3 is 5.97 Å². The second-order valence-corrected chi connectivity index (χ2v) is 4.75. The highest BCUT2D eigenvalue weighted by atomic mass is 16.4. The molecule has 0 aliphatic heterocycles. The van der Waals surface area contributed by atoms with Crippen LogP contribution in [0, 0.1) is 23.7 Å². The summed E-state index contributed by atoms with van der Waals surface area (Å²) in [6, 6.07) is 5.35. The van der Waals surface area contributed by atoms with Crippen LogP contribution in [-0.4, -0.2) is 17.6 Å². The zero-order valence-electron chi connectivity index (χ0n) is 10.2. The molecule has 4 N–H and O–H groups in total. The van der Waals surface area contributed by atoms with E-state index in [9.17, 15) is 4.79 Å². The summed E-state index contributed by atoms with van der Waals surface area (Å²) >= 11 is 0. The molecule has 0 spiro atoms. The van der Waals surface area contributed by atoms with E-state index in [0.29, 0.717) is 23.5 Å². The average molecular weight is 245 g/mol. The Bertz CT molecular complexity index is 542. The lowest BCUT2D eigenvalue weighted by Gasteiger charge is -2.15. The Labute approximate surface area is 105 Å². The van der Waals surface area contributed by atoms with E-state index in [4.69, 9.17) is 16.1 Å². The van der Waals surface area contributed by atoms with Crippen LogP contribution in [0.25, 0.3) is 0 Å². The van der Waals surface area contributed by atoms with Crippen molar-refractivity contribution in [2.75, 3.05) is 17.6 Å². The maximum atomic E-state index is 11.0. The number of carboxylic acid groups (broad SMARTS) is 1. The summed E-state index contributed by atoms with van der Waals surface area (Å²) in [5, 5.41) is 21.2. The summed E-state index contributed by atoms with van der Waals surface area (Å²) in [5.74, 6) is -0.975. The van der Waals surface area contributed by atoms with E-state index in [0.717, 1.165) is 12.8 Å². The molecule has 94 valence electrons. The van der Waals surface area contributed by atoms with Gasteiger partial charge in [-0.25, -0.2) is 4.79 Å². The summed E-state index contributed by atoms with van der Waals surface area (Å²) < 4.78 is 0. The molecule has 5 heteroatoms. The van der Waals surface area contributed by atoms with Crippen LogP contribution in [0.3, 0.4) is 0 Å². The number of benzene rings is 1. The van der Waals surface area contributed by atoms with Crippen LogP contribution in [0.1, 0.15) is 28.8 Å². The zero-order valence-corrected chi connectivity index (χ0v) is 10.2. The Hall–Kier alpha value is -2.22. The largest absolute Gasteiger partial charge is 0.478 e. The van der Waals surface area contributed by atoms with Crippen LogP contribution in [0.2, 0.25) is 0 Å². The van der Waals surface area contributed by atoms with Gasteiger partial charge in [-0.15, -0.1) is 0 Å². The molecule has 1 aromatic carbocycles. The SMILES string of the molecule is Cc1c(C(=O)O)ccc(N)c1NCC1(C#N)CC1. The zero-order chi connectivity index (χ0) is 13.3. The molecule has 5 nitrogen and oxygen atoms in total. The van der Waals surface area contributed by atoms with Crippen LogP contribution >= 0.6 is 0 Å². The van der Waals surface area contributed by atoms with Crippen molar-refractivity contribution < 1.29 is 9.90 Å². The lowest BCUT2D eigenvalue weighted by atomic mass is 10.0. The fourth-order valence-corrected chi connectivity index (χ4v) is 1.94. The number of rotatable bonds is 4. The average Bonchev–Trinajstić information content (AvgIpc) is 3.09. The monoisotopic (exact) mass is 245 g/mol. The van der Waals surface area contributed by atoms with Gasteiger partial charge in [-0.3, -0.25) is 0 Å². The lowest BCUT2D eigenvalue weighted by Crippen LogP contribution is -2.16. The van der Waals surface area contributed by atoms with Crippen molar-refractivity contribution in [3.8, 4) is 6.07 Å². The molecular formula is C13H15N3O2. The van der Waals surface area contributed by atoms with Gasteiger partial charge in [-0.1, -0.05) is 0 Å². The van der Waals surface area contributed by atoms with Crippen molar-refractivity contribution in [3.63, 3.8) is 0 Å². The molecule has 0 radical (unpaired) electrons. The molecule has 18 heavy (non-hydrogen) atoms. The van der Waals surface area contributed by atoms with Gasteiger partial charge < -0.3 is 16.2 Å². The van der Waals surface area contributed by atoms with Gasteiger partial charge in [0.05, 0.1) is 28.4 Å². The number of nitriles is 1. The topological polar surface area (TPSA) is 99.1 Å². The number of nitrogens with zero attached hydrogens (tertiary/aromatic N) is 1. The Balaban J connectivity index is 2.24. The number of nitrogen functional groups attached to an aromatic ring is 1. The molecular weight excluding hydrogens is 230 g/mol. The standard InChI is InChI=1S/C13H15N3O2/c1-8-9(12(17)18)2-3-10(15)11(8)16-7-13(6-14)4-5-13/h2-3,16H,4-5,7,15H2,1H3,(H,17,18). The molecule has 0 saturated heterocycles. The summed E-state index contributed by atoms with van der Waals surface area (Å²) in [5.41, 5.74) is 7.51. The summed E-state index contributed by atoms with van der Waals surface area (Å²) in [4.78, 5) is 11.0. The number of hydrogen-bond acceptors (Lipinski definition) is 4. The van der Waals surface area contributed by atoms with Crippen molar-refractivity contribution in [1.82, 2.24) is 0 Å². The molecule has 0 heterocycles. The Morgan fingerprint density at radius 1 is 1.61 bits per heavy atom. The second-order valence-electron chi connectivity index (χ2n) is 4.75. The molecule has 1 aliphatic rings. The molecule has 0 unspecified atom stereocenters. The number of carbonyl (C=O) groups is 1. The fraction of sp³-hybridized carbons (Fsp3) is 0.385. The second kappa shape index (κ2) is 4.22. The molecule has 0 aromatic heterocycles. The van der Waals surface area contributed by atoms with E-state index in [-0.39, 0.29) is 11.0 Å². The van der Waals surface area contributed by atoms with Crippen LogP contribution in [0.15, 0.2) is 12.1 Å². The first-order valence-electron chi connectivity index (χ1n) is 5.76. The highest BCUT2D eigenvalue weighted by Gasteiger charge is 2.43. The number of nitrogens with two attached hydrogens (primary N) is 1. The summed E-state index contributed by atoms with van der Waals surface area (Å²) in [6.45, 7) is 2.23. The molecule has 2 rings (SSSR count). The summed E-state index contributed by atoms with van der Waals surface area (Å²) in [7, 11) is 0. The molecule has 1 aliphatic carbocycles. The van der Waals surface area contributed by atoms with Gasteiger partial charge in [0.1, 0.15) is 0 Å². The minimum Gasteiger partial charge on any atom is -0.478 e. The third-order valence-corrected chi connectivity index (χ3v) is 3.42. The number of nitrogens with one attached hydrogen (secondary N) is 1. The molecule has 0 amide bonds. The van der Waals surface area contributed by atoms with Gasteiger partial charge in [-0.05, 0) is 37.5 Å². The van der Waals surface area contributed by atoms with Crippen LogP contribution in [0.5, 0.6) is 0 Å². The molecule has 1 aromatic rings. The van der Waals surface area contributed by atoms with Gasteiger partial charge in [0, 0.05) is 6.54 Å². The predicted octanol–water partition coefficient (Wildman–Crippen LogP) is 1.99. The first kappa shape index (κ1) is 12.2. The normalized spacial score (nSPS) is 15.8. The van der Waals surface area contributed by atoms with Gasteiger partial charge in [0.2, 0.25) is 0 Å². The van der Waals surface area contributed by atoms with Gasteiger partial charge in [0.25, 0.3) is 0 Å². The smallest absolute Gasteiger partial charge is 0.336 e. The van der Waals surface area contributed by atoms with E-state index in [1.807, 2.05) is 0 Å². The number of hydrogen-bond donors (Lipinski definition) is 3. The molecule has 1 fully saturated rings. The highest BCUT2D eigenvalue weighted by molar-refractivity contribution is 5.93. The Morgan fingerprint density at radius 2 is 2.28 bits per heavy atom. The molecule has 0 bridgehead atoms. The van der Waals surface area contributed by atoms with Gasteiger partial charge in [0.15, 0.2) is 0 Å². The minimum atomic E-state index is -0.975. The summed E-state index contributed by atoms with van der Waals surface area (Å²) in [6.07, 6.45) is 1.77. The highest BCUT2D eigenvalue weighted by Crippen LogP contribution is 2.45. The molecule has 1 saturated carbocycles. The maximum Gasteiger partial charge on any atom is 0.336 e. The fourth-order valence-electron chi connectivity index (χ4n) is 1.94. The quantitative estimate of drug-likeness (QED) is 0.704. The van der Waals surface area contributed by atoms with Crippen molar-refractivity contribution in [2.24, 2.45) is 5.41 Å². The van der Waals surface area contributed by atoms with E-state index in [1.165, 1.54) is 6.07 Å². The van der Waals surface area contributed by atoms with Gasteiger partial charge in [-0.2, -0.15) is 5.26 Å². The number of aromatic carboxylic acids is 1. The number of anilines is 2. The molecule has 0 atom stereocenters. The van der Waals surface area contributed by atoms with Crippen molar-refractivity contribution >= 4 is 17.3 Å². The maximum absolute atomic E-state index is 11.0. The van der Waals surface area contributed by atoms with Crippen LogP contribution in [-0.2, 0) is 0 Å². The first-order valence-corrected chi connectivity index (χ1v) is 5.76. The van der Waals surface area contributed by atoms with E-state index >= 15 is 0 Å². The van der Waals surface area contributed by atoms with E-state index < -0.39 is 5.97 Å². The minimum absolute atomic E-state index is 0.230. The van der Waals surface area contributed by atoms with Crippen molar-refractivity contribution in [1.29, 1.82) is 5.26 Å². The third kappa shape index (κ3) is 2.09. The van der Waals surface area contributed by atoms with Crippen molar-refractivity contribution in [2.45, 2.75) is 19.8 Å². The Kier molecular flexibility index (Phi) is 2.87. The Morgan fingerprint density at radius 3 is 2.78 bits per heavy atom. The predicted molar refractivity (Wildman–Crippen MR) is 68.3 cm³/mol. The van der Waals surface area contributed by atoms with Crippen LogP contribution in [0.4, 0.5) is 11.4 Å². The first-order chi connectivity index (χ1) is 8.49. The van der Waals surface area contributed by atoms with E-state index in [2.05, 4.69) is 11.4 Å². The van der Waals surface area contributed by atoms with Crippen LogP contribution < -0.4 is 11.1 Å². The lowest BCUT2D eigenvalue weighted by molar-refractivity contribution is 0.0696. The number of carboxylic acids is 1. The van der Waals surface area contributed by atoms with E-state index in [1.54, 1.807) is 13.0 Å². The van der Waals surface area contributed by atoms with Crippen molar-refractivity contribution in [3.05, 3.63) is 23.3 Å².